The molecule has 0 atom stereocenters. The number of amides is 2. The highest BCUT2D eigenvalue weighted by molar-refractivity contribution is 6.04. The Hall–Kier alpha value is -3.17. The Morgan fingerprint density at radius 3 is 2.04 bits per heavy atom. The van der Waals surface area contributed by atoms with Crippen molar-refractivity contribution in [3.05, 3.63) is 65.2 Å². The van der Waals surface area contributed by atoms with Crippen LogP contribution in [0.5, 0.6) is 0 Å². The Kier molecular flexibility index (Phi) is 7.53. The third-order valence-corrected chi connectivity index (χ3v) is 4.29. The van der Waals surface area contributed by atoms with E-state index in [0.717, 1.165) is 19.6 Å². The minimum atomic E-state index is -0.268. The molecule has 0 aliphatic carbocycles. The zero-order chi connectivity index (χ0) is 19.6. The first kappa shape index (κ1) is 20.1. The number of likely N-dealkylation sites (N-methyl/N-ethyl adjacent to an activating group) is 1. The number of hydrogen-bond donors (Lipinski definition) is 2. The quantitative estimate of drug-likeness (QED) is 0.754. The van der Waals surface area contributed by atoms with Crippen molar-refractivity contribution < 1.29 is 9.59 Å². The molecule has 0 saturated carbocycles. The summed E-state index contributed by atoms with van der Waals surface area (Å²) in [4.78, 5) is 26.6. The van der Waals surface area contributed by atoms with E-state index in [1.54, 1.807) is 48.5 Å². The molecule has 0 aliphatic heterocycles. The molecule has 2 aromatic rings. The maximum Gasteiger partial charge on any atom is 0.255 e. The molecule has 2 aromatic carbocycles. The number of rotatable bonds is 8. The molecule has 0 aromatic heterocycles. The zero-order valence-electron chi connectivity index (χ0n) is 15.7. The van der Waals surface area contributed by atoms with Crippen molar-refractivity contribution in [2.75, 3.05) is 31.5 Å². The molecule has 0 bridgehead atoms. The molecule has 2 rings (SSSR count). The van der Waals surface area contributed by atoms with Crippen LogP contribution in [0.4, 0.5) is 5.69 Å². The van der Waals surface area contributed by atoms with Crippen LogP contribution in [-0.4, -0.2) is 42.9 Å². The third kappa shape index (κ3) is 5.94. The van der Waals surface area contributed by atoms with Gasteiger partial charge in [0, 0.05) is 29.9 Å². The van der Waals surface area contributed by atoms with Crippen molar-refractivity contribution >= 4 is 17.5 Å². The SMILES string of the molecule is CCN(CC)CCNC(=O)c1ccc(NC(=O)c2ccc(C#N)cc2)cc1. The first-order chi connectivity index (χ1) is 13.1. The lowest BCUT2D eigenvalue weighted by molar-refractivity contribution is 0.0948. The van der Waals surface area contributed by atoms with Crippen molar-refractivity contribution in [2.24, 2.45) is 0 Å². The highest BCUT2D eigenvalue weighted by Crippen LogP contribution is 2.12. The minimum Gasteiger partial charge on any atom is -0.351 e. The second-order valence-corrected chi connectivity index (χ2v) is 6.00. The van der Waals surface area contributed by atoms with Crippen LogP contribution >= 0.6 is 0 Å². The predicted molar refractivity (Wildman–Crippen MR) is 106 cm³/mol. The van der Waals surface area contributed by atoms with E-state index in [0.29, 0.717) is 28.9 Å². The molecule has 2 amide bonds. The zero-order valence-corrected chi connectivity index (χ0v) is 15.7. The van der Waals surface area contributed by atoms with Gasteiger partial charge in [-0.3, -0.25) is 9.59 Å². The number of carbonyl (C=O) groups excluding carboxylic acids is 2. The number of hydrogen-bond acceptors (Lipinski definition) is 4. The van der Waals surface area contributed by atoms with Gasteiger partial charge in [0.2, 0.25) is 0 Å². The van der Waals surface area contributed by atoms with E-state index in [1.165, 1.54) is 0 Å². The fourth-order valence-corrected chi connectivity index (χ4v) is 2.57. The molecule has 0 spiro atoms. The van der Waals surface area contributed by atoms with Crippen LogP contribution < -0.4 is 10.6 Å². The van der Waals surface area contributed by atoms with Gasteiger partial charge in [-0.05, 0) is 61.6 Å². The van der Waals surface area contributed by atoms with E-state index in [4.69, 9.17) is 5.26 Å². The van der Waals surface area contributed by atoms with E-state index >= 15 is 0 Å². The molecule has 0 heterocycles. The minimum absolute atomic E-state index is 0.132. The number of carbonyl (C=O) groups is 2. The van der Waals surface area contributed by atoms with Crippen LogP contribution in [0.3, 0.4) is 0 Å². The lowest BCUT2D eigenvalue weighted by Crippen LogP contribution is -2.34. The molecule has 140 valence electrons. The summed E-state index contributed by atoms with van der Waals surface area (Å²) in [7, 11) is 0. The fourth-order valence-electron chi connectivity index (χ4n) is 2.57. The standard InChI is InChI=1S/C21H24N4O2/c1-3-25(4-2)14-13-23-20(26)17-9-11-19(12-10-17)24-21(27)18-7-5-16(15-22)6-8-18/h5-12H,3-4,13-14H2,1-2H3,(H,23,26)(H,24,27). The molecule has 6 heteroatoms. The summed E-state index contributed by atoms with van der Waals surface area (Å²) in [6.45, 7) is 7.52. The summed E-state index contributed by atoms with van der Waals surface area (Å²) in [5, 5.41) is 14.5. The molecule has 0 aliphatic rings. The molecule has 27 heavy (non-hydrogen) atoms. The average molecular weight is 364 g/mol. The second kappa shape index (κ2) is 10.1. The maximum absolute atomic E-state index is 12.2. The largest absolute Gasteiger partial charge is 0.351 e. The summed E-state index contributed by atoms with van der Waals surface area (Å²) >= 11 is 0. The summed E-state index contributed by atoms with van der Waals surface area (Å²) < 4.78 is 0. The third-order valence-electron chi connectivity index (χ3n) is 4.29. The summed E-state index contributed by atoms with van der Waals surface area (Å²) in [6, 6.07) is 15.2. The Morgan fingerprint density at radius 2 is 1.48 bits per heavy atom. The predicted octanol–water partition coefficient (Wildman–Crippen LogP) is 2.88. The number of anilines is 1. The van der Waals surface area contributed by atoms with Crippen molar-refractivity contribution in [2.45, 2.75) is 13.8 Å². The summed E-state index contributed by atoms with van der Waals surface area (Å²) in [6.07, 6.45) is 0. The van der Waals surface area contributed by atoms with Gasteiger partial charge in [0.25, 0.3) is 11.8 Å². The van der Waals surface area contributed by atoms with E-state index in [-0.39, 0.29) is 11.8 Å². The number of nitrogens with one attached hydrogen (secondary N) is 2. The van der Waals surface area contributed by atoms with Gasteiger partial charge >= 0.3 is 0 Å². The van der Waals surface area contributed by atoms with Crippen LogP contribution in [0, 0.1) is 11.3 Å². The second-order valence-electron chi connectivity index (χ2n) is 6.00. The van der Waals surface area contributed by atoms with Gasteiger partial charge < -0.3 is 15.5 Å². The molecule has 0 unspecified atom stereocenters. The lowest BCUT2D eigenvalue weighted by atomic mass is 10.1. The van der Waals surface area contributed by atoms with Crippen molar-refractivity contribution in [1.29, 1.82) is 5.26 Å². The van der Waals surface area contributed by atoms with Crippen LogP contribution in [0.1, 0.15) is 40.1 Å². The first-order valence-corrected chi connectivity index (χ1v) is 8.99. The van der Waals surface area contributed by atoms with E-state index in [9.17, 15) is 9.59 Å². The van der Waals surface area contributed by atoms with Crippen LogP contribution in [0.2, 0.25) is 0 Å². The van der Waals surface area contributed by atoms with Gasteiger partial charge in [-0.2, -0.15) is 5.26 Å². The highest BCUT2D eigenvalue weighted by Gasteiger charge is 2.09. The topological polar surface area (TPSA) is 85.2 Å². The summed E-state index contributed by atoms with van der Waals surface area (Å²) in [5.41, 5.74) is 2.12. The van der Waals surface area contributed by atoms with Gasteiger partial charge in [-0.15, -0.1) is 0 Å². The van der Waals surface area contributed by atoms with Gasteiger partial charge in [-0.1, -0.05) is 13.8 Å². The maximum atomic E-state index is 12.2. The number of benzene rings is 2. The molecular formula is C21H24N4O2. The Balaban J connectivity index is 1.89. The molecule has 0 fully saturated rings. The van der Waals surface area contributed by atoms with Crippen LogP contribution in [-0.2, 0) is 0 Å². The van der Waals surface area contributed by atoms with Gasteiger partial charge in [-0.25, -0.2) is 0 Å². The van der Waals surface area contributed by atoms with Gasteiger partial charge in [0.1, 0.15) is 0 Å². The number of nitriles is 1. The molecule has 2 N–H and O–H groups in total. The molecular weight excluding hydrogens is 340 g/mol. The Labute approximate surface area is 159 Å². The normalized spacial score (nSPS) is 10.3. The monoisotopic (exact) mass is 364 g/mol. The van der Waals surface area contributed by atoms with Crippen LogP contribution in [0.15, 0.2) is 48.5 Å². The van der Waals surface area contributed by atoms with E-state index in [1.807, 2.05) is 6.07 Å². The average Bonchev–Trinajstić information content (AvgIpc) is 2.71. The number of nitrogens with zero attached hydrogens (tertiary/aromatic N) is 2. The molecule has 6 nitrogen and oxygen atoms in total. The Morgan fingerprint density at radius 1 is 0.926 bits per heavy atom. The fraction of sp³-hybridized carbons (Fsp3) is 0.286. The summed E-state index contributed by atoms with van der Waals surface area (Å²) in [5.74, 6) is -0.400. The lowest BCUT2D eigenvalue weighted by Gasteiger charge is -2.18. The van der Waals surface area contributed by atoms with Crippen LogP contribution in [0.25, 0.3) is 0 Å². The van der Waals surface area contributed by atoms with Crippen molar-refractivity contribution in [3.8, 4) is 6.07 Å². The molecule has 0 saturated heterocycles. The molecule has 0 radical (unpaired) electrons. The van der Waals surface area contributed by atoms with Gasteiger partial charge in [0.05, 0.1) is 11.6 Å². The van der Waals surface area contributed by atoms with Gasteiger partial charge in [0.15, 0.2) is 0 Å². The highest BCUT2D eigenvalue weighted by atomic mass is 16.2. The van der Waals surface area contributed by atoms with E-state index < -0.39 is 0 Å². The van der Waals surface area contributed by atoms with E-state index in [2.05, 4.69) is 29.4 Å². The smallest absolute Gasteiger partial charge is 0.255 e. The van der Waals surface area contributed by atoms with Crippen molar-refractivity contribution in [1.82, 2.24) is 10.2 Å². The Bertz CT molecular complexity index is 804. The van der Waals surface area contributed by atoms with Crippen molar-refractivity contribution in [3.63, 3.8) is 0 Å². The first-order valence-electron chi connectivity index (χ1n) is 8.99.